The maximum absolute atomic E-state index is 12.3. The Bertz CT molecular complexity index is 654. The molecule has 1 aromatic carbocycles. The molecule has 2 aromatic rings. The highest BCUT2D eigenvalue weighted by atomic mass is 16.3. The summed E-state index contributed by atoms with van der Waals surface area (Å²) in [4.78, 5) is 12.3. The summed E-state index contributed by atoms with van der Waals surface area (Å²) < 4.78 is 3.76. The summed E-state index contributed by atoms with van der Waals surface area (Å²) >= 11 is 0. The molecule has 1 aromatic heterocycles. The number of nitrogens with zero attached hydrogens (tertiary/aromatic N) is 2. The molecule has 0 bridgehead atoms. The minimum atomic E-state index is -0.0761. The number of rotatable bonds is 5. The van der Waals surface area contributed by atoms with Crippen LogP contribution in [-0.2, 0) is 17.9 Å². The summed E-state index contributed by atoms with van der Waals surface area (Å²) in [5.41, 5.74) is 3.77. The van der Waals surface area contributed by atoms with E-state index in [9.17, 15) is 9.90 Å². The lowest BCUT2D eigenvalue weighted by Crippen LogP contribution is -2.38. The van der Waals surface area contributed by atoms with Gasteiger partial charge in [0.15, 0.2) is 12.2 Å². The number of para-hydroxylation sites is 1. The highest BCUT2D eigenvalue weighted by molar-refractivity contribution is 5.91. The third kappa shape index (κ3) is 3.54. The first-order chi connectivity index (χ1) is 10.4. The predicted molar refractivity (Wildman–Crippen MR) is 85.5 cm³/mol. The predicted octanol–water partition coefficient (Wildman–Crippen LogP) is 2.10. The molecule has 0 aliphatic carbocycles. The van der Waals surface area contributed by atoms with Crippen LogP contribution < -0.4 is 9.88 Å². The number of anilines is 1. The smallest absolute Gasteiger partial charge is 0.266 e. The van der Waals surface area contributed by atoms with E-state index in [0.29, 0.717) is 0 Å². The van der Waals surface area contributed by atoms with E-state index in [0.717, 1.165) is 22.5 Å². The Balaban J connectivity index is 2.13. The van der Waals surface area contributed by atoms with Gasteiger partial charge in [0.05, 0.1) is 6.04 Å². The molecule has 2 rings (SSSR count). The van der Waals surface area contributed by atoms with Gasteiger partial charge in [-0.15, -0.1) is 0 Å². The van der Waals surface area contributed by atoms with E-state index in [2.05, 4.69) is 5.32 Å². The summed E-state index contributed by atoms with van der Waals surface area (Å²) in [6.45, 7) is 8.23. The molecule has 0 saturated carbocycles. The molecule has 118 valence electrons. The van der Waals surface area contributed by atoms with Crippen molar-refractivity contribution in [2.24, 2.45) is 0 Å². The maximum Gasteiger partial charge on any atom is 0.266 e. The van der Waals surface area contributed by atoms with E-state index in [1.165, 1.54) is 0 Å². The van der Waals surface area contributed by atoms with Crippen LogP contribution in [-0.4, -0.2) is 15.6 Å². The standard InChI is InChI=1S/C17H23N3O2/c1-12(2)20-11-19(8-15(20)10-21)9-16(22)18-17-13(3)6-5-7-14(17)4/h5-8,11-12,21H,9-10H2,1-4H3/p+1. The Morgan fingerprint density at radius 3 is 2.45 bits per heavy atom. The second-order valence-corrected chi connectivity index (χ2v) is 5.88. The summed E-state index contributed by atoms with van der Waals surface area (Å²) in [6, 6.07) is 6.18. The largest absolute Gasteiger partial charge is 0.388 e. The molecule has 0 aliphatic heterocycles. The van der Waals surface area contributed by atoms with Crippen molar-refractivity contribution in [3.8, 4) is 0 Å². The number of aryl methyl sites for hydroxylation is 2. The lowest BCUT2D eigenvalue weighted by atomic mass is 10.1. The highest BCUT2D eigenvalue weighted by Gasteiger charge is 2.17. The molecule has 0 spiro atoms. The second-order valence-electron chi connectivity index (χ2n) is 5.88. The molecule has 2 N–H and O–H groups in total. The van der Waals surface area contributed by atoms with Crippen LogP contribution in [0.15, 0.2) is 30.7 Å². The number of benzene rings is 1. The molecule has 22 heavy (non-hydrogen) atoms. The van der Waals surface area contributed by atoms with Crippen molar-refractivity contribution < 1.29 is 14.5 Å². The van der Waals surface area contributed by atoms with Crippen molar-refractivity contribution in [2.75, 3.05) is 5.32 Å². The number of aromatic nitrogens is 2. The molecule has 0 fully saturated rings. The Morgan fingerprint density at radius 2 is 1.95 bits per heavy atom. The van der Waals surface area contributed by atoms with Gasteiger partial charge in [0.1, 0.15) is 12.8 Å². The van der Waals surface area contributed by atoms with Gasteiger partial charge in [0.25, 0.3) is 5.91 Å². The van der Waals surface area contributed by atoms with Crippen LogP contribution in [0.4, 0.5) is 5.69 Å². The fraction of sp³-hybridized carbons (Fsp3) is 0.412. The van der Waals surface area contributed by atoms with Crippen molar-refractivity contribution in [1.82, 2.24) is 4.57 Å². The summed E-state index contributed by atoms with van der Waals surface area (Å²) in [7, 11) is 0. The molecule has 1 heterocycles. The lowest BCUT2D eigenvalue weighted by Gasteiger charge is -2.10. The molecular formula is C17H24N3O2+. The van der Waals surface area contributed by atoms with Crippen LogP contribution in [0.5, 0.6) is 0 Å². The Morgan fingerprint density at radius 1 is 1.32 bits per heavy atom. The topological polar surface area (TPSA) is 58.1 Å². The Kier molecular flexibility index (Phi) is 4.98. The summed E-state index contributed by atoms with van der Waals surface area (Å²) in [6.07, 6.45) is 3.67. The molecule has 0 unspecified atom stereocenters. The average molecular weight is 302 g/mol. The summed E-state index contributed by atoms with van der Waals surface area (Å²) in [5, 5.41) is 12.4. The van der Waals surface area contributed by atoms with Gasteiger partial charge in [0.2, 0.25) is 6.33 Å². The first-order valence-corrected chi connectivity index (χ1v) is 7.49. The number of nitrogens with one attached hydrogen (secondary N) is 1. The van der Waals surface area contributed by atoms with Crippen LogP contribution in [0.3, 0.4) is 0 Å². The van der Waals surface area contributed by atoms with E-state index in [1.54, 1.807) is 4.57 Å². The van der Waals surface area contributed by atoms with Crippen LogP contribution in [0.2, 0.25) is 0 Å². The van der Waals surface area contributed by atoms with E-state index in [4.69, 9.17) is 0 Å². The van der Waals surface area contributed by atoms with E-state index >= 15 is 0 Å². The molecule has 1 amide bonds. The molecule has 0 radical (unpaired) electrons. The number of hydrogen-bond acceptors (Lipinski definition) is 2. The van der Waals surface area contributed by atoms with E-state index < -0.39 is 0 Å². The SMILES string of the molecule is Cc1cccc(C)c1NC(=O)C[n+]1cc(CO)n(C(C)C)c1. The zero-order valence-electron chi connectivity index (χ0n) is 13.6. The second kappa shape index (κ2) is 6.75. The van der Waals surface area contributed by atoms with Crippen LogP contribution in [0.25, 0.3) is 0 Å². The normalized spacial score (nSPS) is 11.0. The van der Waals surface area contributed by atoms with Crippen molar-refractivity contribution in [1.29, 1.82) is 0 Å². The van der Waals surface area contributed by atoms with Gasteiger partial charge < -0.3 is 10.4 Å². The zero-order valence-corrected chi connectivity index (χ0v) is 13.6. The van der Waals surface area contributed by atoms with Crippen LogP contribution >= 0.6 is 0 Å². The van der Waals surface area contributed by atoms with Gasteiger partial charge in [-0.05, 0) is 38.8 Å². The maximum atomic E-state index is 12.3. The number of aliphatic hydroxyl groups is 1. The number of amides is 1. The molecule has 0 aliphatic rings. The van der Waals surface area contributed by atoms with E-state index in [1.807, 2.05) is 63.0 Å². The van der Waals surface area contributed by atoms with Gasteiger partial charge >= 0.3 is 0 Å². The quantitative estimate of drug-likeness (QED) is 0.831. The monoisotopic (exact) mass is 302 g/mol. The third-order valence-corrected chi connectivity index (χ3v) is 3.71. The Labute approximate surface area is 131 Å². The van der Waals surface area contributed by atoms with Crippen molar-refractivity contribution in [3.63, 3.8) is 0 Å². The van der Waals surface area contributed by atoms with Gasteiger partial charge in [-0.2, -0.15) is 0 Å². The number of hydrogen-bond donors (Lipinski definition) is 2. The number of aliphatic hydroxyl groups excluding tert-OH is 1. The highest BCUT2D eigenvalue weighted by Crippen LogP contribution is 2.19. The number of imidazole rings is 1. The molecule has 0 atom stereocenters. The van der Waals surface area contributed by atoms with Gasteiger partial charge in [-0.3, -0.25) is 4.79 Å². The summed E-state index contributed by atoms with van der Waals surface area (Å²) in [5.74, 6) is -0.0761. The first-order valence-electron chi connectivity index (χ1n) is 7.49. The van der Waals surface area contributed by atoms with Gasteiger partial charge in [-0.25, -0.2) is 9.13 Å². The third-order valence-electron chi connectivity index (χ3n) is 3.71. The lowest BCUT2D eigenvalue weighted by molar-refractivity contribution is -0.683. The molecule has 0 saturated heterocycles. The average Bonchev–Trinajstić information content (AvgIpc) is 2.86. The Hall–Kier alpha value is -2.14. The van der Waals surface area contributed by atoms with Crippen molar-refractivity contribution in [3.05, 3.63) is 47.5 Å². The number of carbonyl (C=O) groups excluding carboxylic acids is 1. The fourth-order valence-electron chi connectivity index (χ4n) is 2.56. The first kappa shape index (κ1) is 16.2. The van der Waals surface area contributed by atoms with Crippen LogP contribution in [0.1, 0.15) is 36.7 Å². The van der Waals surface area contributed by atoms with Gasteiger partial charge in [0, 0.05) is 5.69 Å². The fourth-order valence-corrected chi connectivity index (χ4v) is 2.56. The van der Waals surface area contributed by atoms with E-state index in [-0.39, 0.29) is 25.1 Å². The minimum Gasteiger partial charge on any atom is -0.388 e. The molecule has 5 nitrogen and oxygen atoms in total. The minimum absolute atomic E-state index is 0.0380. The van der Waals surface area contributed by atoms with Crippen molar-refractivity contribution in [2.45, 2.75) is 46.9 Å². The van der Waals surface area contributed by atoms with Crippen molar-refractivity contribution >= 4 is 11.6 Å². The van der Waals surface area contributed by atoms with Crippen LogP contribution in [0, 0.1) is 13.8 Å². The van der Waals surface area contributed by atoms with Gasteiger partial charge in [-0.1, -0.05) is 18.2 Å². The molecular weight excluding hydrogens is 278 g/mol. The zero-order chi connectivity index (χ0) is 16.3. The number of carbonyl (C=O) groups is 1. The molecule has 5 heteroatoms.